The molecule has 0 aliphatic heterocycles. The van der Waals surface area contributed by atoms with Gasteiger partial charge in [-0.2, -0.15) is 13.2 Å². The van der Waals surface area contributed by atoms with Crippen LogP contribution >= 0.6 is 0 Å². The molecule has 2 atom stereocenters. The predicted octanol–water partition coefficient (Wildman–Crippen LogP) is 5.11. The molecule has 9 heteroatoms. The van der Waals surface area contributed by atoms with Gasteiger partial charge in [-0.15, -0.1) is 0 Å². The lowest BCUT2D eigenvalue weighted by atomic mass is 10.0. The van der Waals surface area contributed by atoms with E-state index in [2.05, 4.69) is 29.9 Å². The first-order valence-corrected chi connectivity index (χ1v) is 13.5. The number of ether oxygens (including phenoxy) is 1. The molecule has 162 valence electrons. The number of benzene rings is 1. The maximum absolute atomic E-state index is 12.6. The Morgan fingerprint density at radius 1 is 1.28 bits per heavy atom. The molecule has 1 amide bonds. The van der Waals surface area contributed by atoms with E-state index in [-0.39, 0.29) is 0 Å². The first-order chi connectivity index (χ1) is 13.4. The second-order valence-corrected chi connectivity index (χ2v) is 14.4. The minimum atomic E-state index is -4.37. The van der Waals surface area contributed by atoms with Crippen molar-refractivity contribution in [2.45, 2.75) is 64.9 Å². The van der Waals surface area contributed by atoms with Crippen LogP contribution < -0.4 is 5.32 Å². The fourth-order valence-corrected chi connectivity index (χ4v) is 3.53. The summed E-state index contributed by atoms with van der Waals surface area (Å²) in [5.74, 6) is -2.29. The van der Waals surface area contributed by atoms with Crippen molar-refractivity contribution in [3.63, 3.8) is 0 Å². The van der Waals surface area contributed by atoms with Crippen molar-refractivity contribution < 1.29 is 22.7 Å². The number of rotatable bonds is 9. The molecule has 0 saturated heterocycles. The highest BCUT2D eigenvalue weighted by Crippen LogP contribution is 2.28. The van der Waals surface area contributed by atoms with Crippen LogP contribution in [0.4, 0.5) is 13.2 Å². The largest absolute Gasteiger partial charge is 0.392 e. The molecule has 0 radical (unpaired) electrons. The molecule has 1 N–H and O–H groups in total. The Bertz CT molecular complexity index is 830. The van der Waals surface area contributed by atoms with Crippen molar-refractivity contribution in [1.82, 2.24) is 14.9 Å². The van der Waals surface area contributed by atoms with Gasteiger partial charge in [-0.25, -0.2) is 4.98 Å². The number of nitrogens with one attached hydrogen (secondary N) is 1. The number of hydrogen-bond acceptors (Lipinski definition) is 3. The second kappa shape index (κ2) is 9.29. The summed E-state index contributed by atoms with van der Waals surface area (Å²) < 4.78 is 45.5. The number of aromatic nitrogens is 2. The molecule has 2 rings (SSSR count). The number of nitrogens with zero attached hydrogens (tertiary/aromatic N) is 2. The fraction of sp³-hybridized carbons (Fsp3) is 0.600. The third kappa shape index (κ3) is 7.15. The number of carbonyl (C=O) groups is 1. The normalized spacial score (nSPS) is 14.8. The molecule has 0 aliphatic rings. The average molecular weight is 430 g/mol. The summed E-state index contributed by atoms with van der Waals surface area (Å²) in [5.41, 5.74) is 2.45. The summed E-state index contributed by atoms with van der Waals surface area (Å²) in [5, 5.41) is 2.63. The van der Waals surface area contributed by atoms with E-state index in [1.807, 2.05) is 22.8 Å². The van der Waals surface area contributed by atoms with Crippen molar-refractivity contribution in [1.29, 1.82) is 0 Å². The van der Waals surface area contributed by atoms with Crippen LogP contribution in [0.5, 0.6) is 0 Å². The van der Waals surface area contributed by atoms with Crippen LogP contribution in [-0.4, -0.2) is 36.3 Å². The Balaban J connectivity index is 1.96. The molecule has 1 heterocycles. The van der Waals surface area contributed by atoms with Gasteiger partial charge < -0.3 is 14.6 Å². The van der Waals surface area contributed by atoms with E-state index in [9.17, 15) is 18.0 Å². The standard InChI is InChI=1S/C20H30F3N3O2Si/c1-14(20(21,22)23)10-19(27)25-15(2)16-6-7-18-17(11-16)24-12-26(18)13-28-8-9-29(3,4)5/h6-7,11-12,14-15H,8-10,13H2,1-5H3,(H,25,27)/t14?,15-/m1/s1. The van der Waals surface area contributed by atoms with Crippen molar-refractivity contribution in [2.75, 3.05) is 6.61 Å². The molecule has 1 aromatic heterocycles. The number of fused-ring (bicyclic) bond motifs is 1. The van der Waals surface area contributed by atoms with Crippen molar-refractivity contribution in [2.24, 2.45) is 5.92 Å². The van der Waals surface area contributed by atoms with Crippen molar-refractivity contribution in [3.05, 3.63) is 30.1 Å². The third-order valence-electron chi connectivity index (χ3n) is 4.80. The van der Waals surface area contributed by atoms with Gasteiger partial charge in [-0.05, 0) is 30.7 Å². The molecule has 2 aromatic rings. The molecule has 1 aromatic carbocycles. The van der Waals surface area contributed by atoms with E-state index < -0.39 is 38.5 Å². The minimum absolute atomic E-state index is 0.412. The molecule has 0 aliphatic carbocycles. The lowest BCUT2D eigenvalue weighted by molar-refractivity contribution is -0.174. The zero-order valence-electron chi connectivity index (χ0n) is 17.6. The Morgan fingerprint density at radius 2 is 1.97 bits per heavy atom. The summed E-state index contributed by atoms with van der Waals surface area (Å²) >= 11 is 0. The van der Waals surface area contributed by atoms with Crippen LogP contribution in [-0.2, 0) is 16.3 Å². The van der Waals surface area contributed by atoms with E-state index in [1.165, 1.54) is 0 Å². The predicted molar refractivity (Wildman–Crippen MR) is 110 cm³/mol. The summed E-state index contributed by atoms with van der Waals surface area (Å²) in [4.78, 5) is 16.3. The smallest absolute Gasteiger partial charge is 0.361 e. The topological polar surface area (TPSA) is 56.2 Å². The number of halogens is 3. The first kappa shape index (κ1) is 23.4. The van der Waals surface area contributed by atoms with Gasteiger partial charge >= 0.3 is 6.18 Å². The van der Waals surface area contributed by atoms with E-state index >= 15 is 0 Å². The lowest BCUT2D eigenvalue weighted by Gasteiger charge is -2.18. The monoisotopic (exact) mass is 429 g/mol. The summed E-state index contributed by atoms with van der Waals surface area (Å²) in [7, 11) is -1.13. The fourth-order valence-electron chi connectivity index (χ4n) is 2.77. The number of hydrogen-bond donors (Lipinski definition) is 1. The zero-order chi connectivity index (χ0) is 21.8. The van der Waals surface area contributed by atoms with Crippen molar-refractivity contribution in [3.8, 4) is 0 Å². The zero-order valence-corrected chi connectivity index (χ0v) is 18.6. The van der Waals surface area contributed by atoms with Gasteiger partial charge in [0.15, 0.2) is 0 Å². The molecule has 0 spiro atoms. The molecular weight excluding hydrogens is 399 g/mol. The molecular formula is C20H30F3N3O2Si. The highest BCUT2D eigenvalue weighted by Gasteiger charge is 2.37. The van der Waals surface area contributed by atoms with E-state index in [0.717, 1.165) is 29.6 Å². The number of amides is 1. The summed E-state index contributed by atoms with van der Waals surface area (Å²) in [6.07, 6.45) is -3.25. The number of alkyl halides is 3. The van der Waals surface area contributed by atoms with Crippen LogP contribution in [0.3, 0.4) is 0 Å². The van der Waals surface area contributed by atoms with Gasteiger partial charge in [0.25, 0.3) is 0 Å². The average Bonchev–Trinajstić information content (AvgIpc) is 2.99. The maximum Gasteiger partial charge on any atom is 0.392 e. The van der Waals surface area contributed by atoms with Crippen molar-refractivity contribution >= 4 is 25.0 Å². The van der Waals surface area contributed by atoms with Crippen LogP contribution in [0.25, 0.3) is 11.0 Å². The molecule has 0 fully saturated rings. The van der Waals surface area contributed by atoms with E-state index in [1.54, 1.807) is 13.3 Å². The second-order valence-electron chi connectivity index (χ2n) is 8.75. The number of imidazole rings is 1. The van der Waals surface area contributed by atoms with Crippen LogP contribution in [0.2, 0.25) is 25.7 Å². The van der Waals surface area contributed by atoms with Gasteiger partial charge in [0, 0.05) is 21.1 Å². The van der Waals surface area contributed by atoms with Gasteiger partial charge in [-0.1, -0.05) is 32.6 Å². The molecule has 29 heavy (non-hydrogen) atoms. The van der Waals surface area contributed by atoms with Crippen LogP contribution in [0.1, 0.15) is 31.9 Å². The van der Waals surface area contributed by atoms with E-state index in [0.29, 0.717) is 13.3 Å². The number of carbonyl (C=O) groups excluding carboxylic acids is 1. The van der Waals surface area contributed by atoms with Gasteiger partial charge in [0.2, 0.25) is 5.91 Å². The molecule has 0 bridgehead atoms. The molecule has 5 nitrogen and oxygen atoms in total. The maximum atomic E-state index is 12.6. The first-order valence-electron chi connectivity index (χ1n) is 9.75. The lowest BCUT2D eigenvalue weighted by Crippen LogP contribution is -2.31. The van der Waals surface area contributed by atoms with Gasteiger partial charge in [0.1, 0.15) is 6.73 Å². The minimum Gasteiger partial charge on any atom is -0.361 e. The highest BCUT2D eigenvalue weighted by molar-refractivity contribution is 6.76. The van der Waals surface area contributed by atoms with Crippen LogP contribution in [0, 0.1) is 5.92 Å². The quantitative estimate of drug-likeness (QED) is 0.445. The third-order valence-corrected chi connectivity index (χ3v) is 6.50. The van der Waals surface area contributed by atoms with Gasteiger partial charge in [0.05, 0.1) is 29.3 Å². The highest BCUT2D eigenvalue weighted by atomic mass is 28.3. The molecule has 0 saturated carbocycles. The van der Waals surface area contributed by atoms with Gasteiger partial charge in [-0.3, -0.25) is 4.79 Å². The summed E-state index contributed by atoms with van der Waals surface area (Å²) in [6.45, 7) is 10.8. The van der Waals surface area contributed by atoms with Crippen LogP contribution in [0.15, 0.2) is 24.5 Å². The SMILES string of the molecule is CC(CC(=O)N[C@H](C)c1ccc2c(c1)ncn2COCC[Si](C)(C)C)C(F)(F)F. The Kier molecular flexibility index (Phi) is 7.50. The molecule has 1 unspecified atom stereocenters. The Morgan fingerprint density at radius 3 is 2.59 bits per heavy atom. The Labute approximate surface area is 170 Å². The van der Waals surface area contributed by atoms with E-state index in [4.69, 9.17) is 4.74 Å². The summed E-state index contributed by atoms with van der Waals surface area (Å²) in [6, 6.07) is 6.26. The Hall–Kier alpha value is -1.87.